The molecule has 0 aromatic heterocycles. The van der Waals surface area contributed by atoms with Gasteiger partial charge in [-0.2, -0.15) is 5.26 Å². The highest BCUT2D eigenvalue weighted by Gasteiger charge is 2.23. The number of benzene rings is 1. The van der Waals surface area contributed by atoms with Crippen molar-refractivity contribution in [2.24, 2.45) is 0 Å². The summed E-state index contributed by atoms with van der Waals surface area (Å²) in [7, 11) is 0. The lowest BCUT2D eigenvalue weighted by atomic mass is 10.1. The largest absolute Gasteiger partial charge is 0.450 e. The predicted octanol–water partition coefficient (Wildman–Crippen LogP) is 3.59. The van der Waals surface area contributed by atoms with Crippen LogP contribution < -0.4 is 10.6 Å². The van der Waals surface area contributed by atoms with Gasteiger partial charge in [0.2, 0.25) is 0 Å². The fraction of sp³-hybridized carbons (Fsp3) is 0.500. The van der Waals surface area contributed by atoms with Crippen molar-refractivity contribution >= 4 is 17.7 Å². The van der Waals surface area contributed by atoms with Gasteiger partial charge in [-0.25, -0.2) is 4.79 Å². The lowest BCUT2D eigenvalue weighted by Crippen LogP contribution is -2.44. The summed E-state index contributed by atoms with van der Waals surface area (Å²) in [6.45, 7) is 5.47. The third kappa shape index (κ3) is 7.15. The van der Waals surface area contributed by atoms with Crippen LogP contribution in [0.1, 0.15) is 45.1 Å². The quantitative estimate of drug-likeness (QED) is 0.515. The molecule has 0 spiro atoms. The molecule has 1 aliphatic rings. The summed E-state index contributed by atoms with van der Waals surface area (Å²) in [6, 6.07) is 9.76. The number of nitrogens with zero attached hydrogens (tertiary/aromatic N) is 2. The van der Waals surface area contributed by atoms with Crippen LogP contribution in [-0.2, 0) is 16.0 Å². The van der Waals surface area contributed by atoms with Crippen molar-refractivity contribution in [1.29, 1.82) is 5.26 Å². The molecular formula is C22H30N4O3. The molecule has 156 valence electrons. The number of unbranched alkanes of at least 4 members (excludes halogenated alkanes) is 1. The first-order valence-electron chi connectivity index (χ1n) is 10.3. The van der Waals surface area contributed by atoms with E-state index in [9.17, 15) is 14.9 Å². The molecule has 1 aliphatic heterocycles. The van der Waals surface area contributed by atoms with E-state index in [-0.39, 0.29) is 17.7 Å². The van der Waals surface area contributed by atoms with Crippen molar-refractivity contribution in [1.82, 2.24) is 10.2 Å². The molecule has 2 N–H and O–H groups in total. The Hall–Kier alpha value is -3.01. The second-order valence-corrected chi connectivity index (χ2v) is 7.05. The third-order valence-corrected chi connectivity index (χ3v) is 4.88. The highest BCUT2D eigenvalue weighted by molar-refractivity contribution is 6.06. The molecule has 0 aliphatic carbocycles. The number of carbonyl (C=O) groups excluding carboxylic acids is 2. The van der Waals surface area contributed by atoms with Gasteiger partial charge in [0.15, 0.2) is 0 Å². The van der Waals surface area contributed by atoms with Crippen molar-refractivity contribution in [2.75, 3.05) is 25.0 Å². The number of hydrogen-bond acceptors (Lipinski definition) is 5. The molecule has 2 rings (SSSR count). The van der Waals surface area contributed by atoms with E-state index in [1.807, 2.05) is 30.3 Å². The molecule has 2 amide bonds. The number of amides is 2. The van der Waals surface area contributed by atoms with Gasteiger partial charge in [-0.05, 0) is 50.3 Å². The molecule has 1 saturated heterocycles. The summed E-state index contributed by atoms with van der Waals surface area (Å²) in [6.07, 6.45) is 5.94. The van der Waals surface area contributed by atoms with E-state index < -0.39 is 5.91 Å². The number of likely N-dealkylation sites (tertiary alicyclic amines) is 1. The number of nitrogens with one attached hydrogen (secondary N) is 2. The first-order valence-corrected chi connectivity index (χ1v) is 10.3. The summed E-state index contributed by atoms with van der Waals surface area (Å²) < 4.78 is 5.01. The number of aryl methyl sites for hydroxylation is 1. The van der Waals surface area contributed by atoms with Gasteiger partial charge in [-0.15, -0.1) is 0 Å². The molecule has 7 heteroatoms. The van der Waals surface area contributed by atoms with Crippen molar-refractivity contribution in [3.8, 4) is 6.07 Å². The minimum absolute atomic E-state index is 0.0212. The van der Waals surface area contributed by atoms with Crippen LogP contribution in [0.3, 0.4) is 0 Å². The molecule has 1 aromatic rings. The fourth-order valence-electron chi connectivity index (χ4n) is 3.13. The van der Waals surface area contributed by atoms with E-state index in [2.05, 4.69) is 17.6 Å². The Bertz CT molecular complexity index is 744. The summed E-state index contributed by atoms with van der Waals surface area (Å²) in [4.78, 5) is 25.8. The molecule has 0 atom stereocenters. The molecular weight excluding hydrogens is 368 g/mol. The van der Waals surface area contributed by atoms with Crippen LogP contribution in [0.15, 0.2) is 36.0 Å². The van der Waals surface area contributed by atoms with Crippen LogP contribution in [0.25, 0.3) is 0 Å². The number of anilines is 1. The number of hydrogen-bond donors (Lipinski definition) is 2. The average molecular weight is 399 g/mol. The summed E-state index contributed by atoms with van der Waals surface area (Å²) in [5.41, 5.74) is 1.92. The summed E-state index contributed by atoms with van der Waals surface area (Å²) >= 11 is 0. The highest BCUT2D eigenvalue weighted by Crippen LogP contribution is 2.14. The van der Waals surface area contributed by atoms with Crippen LogP contribution in [0.2, 0.25) is 0 Å². The molecule has 1 heterocycles. The number of carbonyl (C=O) groups is 2. The van der Waals surface area contributed by atoms with E-state index >= 15 is 0 Å². The van der Waals surface area contributed by atoms with Crippen LogP contribution in [0.4, 0.5) is 10.5 Å². The van der Waals surface area contributed by atoms with Gasteiger partial charge in [-0.1, -0.05) is 25.5 Å². The second-order valence-electron chi connectivity index (χ2n) is 7.05. The number of nitriles is 1. The lowest BCUT2D eigenvalue weighted by Gasteiger charge is -2.31. The first-order chi connectivity index (χ1) is 14.1. The van der Waals surface area contributed by atoms with Gasteiger partial charge in [0, 0.05) is 31.0 Å². The van der Waals surface area contributed by atoms with Gasteiger partial charge in [-0.3, -0.25) is 4.79 Å². The van der Waals surface area contributed by atoms with E-state index in [1.165, 1.54) is 11.8 Å². The van der Waals surface area contributed by atoms with Crippen molar-refractivity contribution in [3.63, 3.8) is 0 Å². The van der Waals surface area contributed by atoms with Gasteiger partial charge < -0.3 is 20.3 Å². The minimum Gasteiger partial charge on any atom is -0.450 e. The number of ether oxygens (including phenoxy) is 1. The van der Waals surface area contributed by atoms with Crippen LogP contribution in [-0.4, -0.2) is 42.6 Å². The fourth-order valence-corrected chi connectivity index (χ4v) is 3.13. The Morgan fingerprint density at radius 2 is 1.93 bits per heavy atom. The van der Waals surface area contributed by atoms with Crippen LogP contribution in [0, 0.1) is 11.3 Å². The Kier molecular flexibility index (Phi) is 9.03. The van der Waals surface area contributed by atoms with Gasteiger partial charge in [0.1, 0.15) is 11.6 Å². The first kappa shape index (κ1) is 22.3. The van der Waals surface area contributed by atoms with Crippen molar-refractivity contribution in [3.05, 3.63) is 41.6 Å². The zero-order valence-corrected chi connectivity index (χ0v) is 17.2. The Morgan fingerprint density at radius 3 is 2.52 bits per heavy atom. The maximum atomic E-state index is 12.4. The second kappa shape index (κ2) is 11.7. The molecule has 1 aromatic carbocycles. The van der Waals surface area contributed by atoms with E-state index in [0.29, 0.717) is 25.4 Å². The normalized spacial score (nSPS) is 14.8. The Labute approximate surface area is 172 Å². The van der Waals surface area contributed by atoms with Gasteiger partial charge in [0.05, 0.1) is 6.61 Å². The zero-order valence-electron chi connectivity index (χ0n) is 17.2. The number of piperidine rings is 1. The predicted molar refractivity (Wildman–Crippen MR) is 112 cm³/mol. The minimum atomic E-state index is -0.440. The van der Waals surface area contributed by atoms with Crippen molar-refractivity contribution in [2.45, 2.75) is 52.0 Å². The molecule has 0 unspecified atom stereocenters. The van der Waals surface area contributed by atoms with Gasteiger partial charge >= 0.3 is 6.09 Å². The molecule has 0 radical (unpaired) electrons. The Morgan fingerprint density at radius 1 is 1.24 bits per heavy atom. The van der Waals surface area contributed by atoms with Crippen LogP contribution in [0.5, 0.6) is 0 Å². The van der Waals surface area contributed by atoms with Crippen molar-refractivity contribution < 1.29 is 14.3 Å². The highest BCUT2D eigenvalue weighted by atomic mass is 16.6. The van der Waals surface area contributed by atoms with E-state index in [1.54, 1.807) is 11.8 Å². The maximum absolute atomic E-state index is 12.4. The summed E-state index contributed by atoms with van der Waals surface area (Å²) in [5.74, 6) is -0.440. The molecule has 7 nitrogen and oxygen atoms in total. The smallest absolute Gasteiger partial charge is 0.409 e. The van der Waals surface area contributed by atoms with E-state index in [4.69, 9.17) is 4.74 Å². The average Bonchev–Trinajstić information content (AvgIpc) is 2.74. The van der Waals surface area contributed by atoms with Crippen LogP contribution >= 0.6 is 0 Å². The SMILES string of the molecule is CCCCc1ccc(NC(=O)/C(C#N)=C\NC2CCN(C(=O)OCC)CC2)cc1. The molecule has 29 heavy (non-hydrogen) atoms. The Balaban J connectivity index is 1.84. The number of rotatable bonds is 8. The molecule has 1 fully saturated rings. The molecule has 0 saturated carbocycles. The maximum Gasteiger partial charge on any atom is 0.409 e. The topological polar surface area (TPSA) is 94.5 Å². The lowest BCUT2D eigenvalue weighted by molar-refractivity contribution is -0.112. The standard InChI is InChI=1S/C22H30N4O3/c1-3-5-6-17-7-9-20(10-8-17)25-21(27)18(15-23)16-24-19-11-13-26(14-12-19)22(28)29-4-2/h7-10,16,19,24H,3-6,11-14H2,1-2H3,(H,25,27)/b18-16-. The zero-order chi connectivity index (χ0) is 21.1. The van der Waals surface area contributed by atoms with E-state index in [0.717, 1.165) is 32.1 Å². The third-order valence-electron chi connectivity index (χ3n) is 4.88. The monoisotopic (exact) mass is 398 g/mol. The summed E-state index contributed by atoms with van der Waals surface area (Å²) in [5, 5.41) is 15.2. The van der Waals surface area contributed by atoms with Gasteiger partial charge in [0.25, 0.3) is 5.91 Å². The molecule has 0 bridgehead atoms.